The molecule has 14 heavy (non-hydrogen) atoms. The van der Waals surface area contributed by atoms with Gasteiger partial charge in [-0.25, -0.2) is 9.69 Å². The van der Waals surface area contributed by atoms with Crippen LogP contribution in [0.2, 0.25) is 0 Å². The van der Waals surface area contributed by atoms with E-state index in [1.165, 1.54) is 0 Å². The van der Waals surface area contributed by atoms with E-state index in [1.807, 2.05) is 0 Å². The zero-order chi connectivity index (χ0) is 10.8. The first-order chi connectivity index (χ1) is 6.61. The molecule has 1 fully saturated rings. The van der Waals surface area contributed by atoms with E-state index in [2.05, 4.69) is 5.32 Å². The predicted molar refractivity (Wildman–Crippen MR) is 44.2 cm³/mol. The second kappa shape index (κ2) is 3.91. The molecule has 7 heteroatoms. The van der Waals surface area contributed by atoms with Crippen LogP contribution in [0.15, 0.2) is 0 Å². The molecule has 1 heterocycles. The molecule has 0 atom stereocenters. The van der Waals surface area contributed by atoms with Crippen molar-refractivity contribution in [2.24, 2.45) is 0 Å². The summed E-state index contributed by atoms with van der Waals surface area (Å²) in [6, 6.07) is -0.716. The molecule has 0 bridgehead atoms. The van der Waals surface area contributed by atoms with Gasteiger partial charge in [0.2, 0.25) is 0 Å². The van der Waals surface area contributed by atoms with Gasteiger partial charge in [0.25, 0.3) is 5.91 Å². The van der Waals surface area contributed by atoms with Crippen molar-refractivity contribution >= 4 is 11.9 Å². The van der Waals surface area contributed by atoms with Crippen molar-refractivity contribution in [1.29, 1.82) is 0 Å². The highest BCUT2D eigenvalue weighted by Gasteiger charge is 2.45. The van der Waals surface area contributed by atoms with Crippen LogP contribution in [-0.4, -0.2) is 64.1 Å². The van der Waals surface area contributed by atoms with Gasteiger partial charge in [-0.2, -0.15) is 0 Å². The Labute approximate surface area is 79.9 Å². The van der Waals surface area contributed by atoms with Gasteiger partial charge in [-0.15, -0.1) is 0 Å². The summed E-state index contributed by atoms with van der Waals surface area (Å²) in [7, 11) is 0. The van der Waals surface area contributed by atoms with E-state index in [0.717, 1.165) is 0 Å². The smallest absolute Gasteiger partial charge is 0.325 e. The first-order valence-corrected chi connectivity index (χ1v) is 4.05. The van der Waals surface area contributed by atoms with Gasteiger partial charge in [0.15, 0.2) is 0 Å². The molecule has 1 aliphatic rings. The summed E-state index contributed by atoms with van der Waals surface area (Å²) in [6.07, 6.45) is 0. The minimum atomic E-state index is -1.61. The van der Waals surface area contributed by atoms with Crippen LogP contribution in [0.1, 0.15) is 0 Å². The molecule has 0 aromatic carbocycles. The summed E-state index contributed by atoms with van der Waals surface area (Å²) in [5, 5.41) is 29.2. The number of imide groups is 1. The average Bonchev–Trinajstić information content (AvgIpc) is 2.53. The van der Waals surface area contributed by atoms with Crippen molar-refractivity contribution in [3.63, 3.8) is 0 Å². The van der Waals surface area contributed by atoms with E-state index in [0.29, 0.717) is 4.90 Å². The zero-order valence-corrected chi connectivity index (χ0v) is 7.43. The van der Waals surface area contributed by atoms with Crippen LogP contribution >= 0.6 is 0 Å². The van der Waals surface area contributed by atoms with E-state index in [-0.39, 0.29) is 6.54 Å². The second-order valence-corrected chi connectivity index (χ2v) is 3.09. The molecule has 0 aliphatic carbocycles. The van der Waals surface area contributed by atoms with Crippen molar-refractivity contribution < 1.29 is 24.9 Å². The molecule has 0 unspecified atom stereocenters. The fourth-order valence-corrected chi connectivity index (χ4v) is 1.26. The number of amides is 3. The molecule has 1 saturated heterocycles. The topological polar surface area (TPSA) is 110 Å². The number of carbonyl (C=O) groups excluding carboxylic acids is 2. The Balaban J connectivity index is 2.97. The van der Waals surface area contributed by atoms with E-state index >= 15 is 0 Å². The predicted octanol–water partition coefficient (Wildman–Crippen LogP) is -2.75. The third-order valence-corrected chi connectivity index (χ3v) is 2.20. The number of aliphatic hydroxyl groups excluding tert-OH is 3. The zero-order valence-electron chi connectivity index (χ0n) is 7.43. The van der Waals surface area contributed by atoms with Gasteiger partial charge in [-0.05, 0) is 0 Å². The van der Waals surface area contributed by atoms with Crippen LogP contribution in [0.25, 0.3) is 0 Å². The van der Waals surface area contributed by atoms with Crippen LogP contribution in [0.4, 0.5) is 4.79 Å². The lowest BCUT2D eigenvalue weighted by molar-refractivity contribution is -0.134. The second-order valence-electron chi connectivity index (χ2n) is 3.09. The largest absolute Gasteiger partial charge is 0.394 e. The average molecular weight is 204 g/mol. The highest BCUT2D eigenvalue weighted by molar-refractivity contribution is 6.02. The number of hydrogen-bond donors (Lipinski definition) is 4. The third kappa shape index (κ3) is 1.45. The van der Waals surface area contributed by atoms with Crippen molar-refractivity contribution in [3.05, 3.63) is 0 Å². The molecule has 0 aromatic heterocycles. The van der Waals surface area contributed by atoms with Gasteiger partial charge < -0.3 is 20.6 Å². The fraction of sp³-hybridized carbons (Fsp3) is 0.714. The van der Waals surface area contributed by atoms with Crippen LogP contribution in [0.3, 0.4) is 0 Å². The van der Waals surface area contributed by atoms with E-state index in [1.54, 1.807) is 0 Å². The summed E-state index contributed by atoms with van der Waals surface area (Å²) in [6.45, 7) is -2.22. The van der Waals surface area contributed by atoms with Gasteiger partial charge in [0, 0.05) is 0 Å². The Morgan fingerprint density at radius 1 is 1.21 bits per heavy atom. The molecular weight excluding hydrogens is 192 g/mol. The number of urea groups is 1. The molecule has 7 nitrogen and oxygen atoms in total. The first kappa shape index (κ1) is 10.9. The number of rotatable bonds is 4. The number of carbonyl (C=O) groups is 2. The van der Waals surface area contributed by atoms with E-state index < -0.39 is 37.3 Å². The summed E-state index contributed by atoms with van der Waals surface area (Å²) < 4.78 is 0. The maximum absolute atomic E-state index is 11.2. The van der Waals surface area contributed by atoms with Crippen molar-refractivity contribution in [2.45, 2.75) is 5.54 Å². The Hall–Kier alpha value is -1.18. The van der Waals surface area contributed by atoms with Gasteiger partial charge in [0.05, 0.1) is 26.4 Å². The molecule has 3 amide bonds. The monoisotopic (exact) mass is 204 g/mol. The molecule has 4 N–H and O–H groups in total. The molecule has 0 radical (unpaired) electrons. The minimum absolute atomic E-state index is 0.180. The summed E-state index contributed by atoms with van der Waals surface area (Å²) in [5.41, 5.74) is -1.61. The summed E-state index contributed by atoms with van der Waals surface area (Å²) in [4.78, 5) is 23.0. The Morgan fingerprint density at radius 2 is 1.71 bits per heavy atom. The first-order valence-electron chi connectivity index (χ1n) is 4.05. The minimum Gasteiger partial charge on any atom is -0.394 e. The molecule has 80 valence electrons. The lowest BCUT2D eigenvalue weighted by Crippen LogP contribution is -2.59. The van der Waals surface area contributed by atoms with Gasteiger partial charge in [0.1, 0.15) is 5.54 Å². The van der Waals surface area contributed by atoms with Crippen LogP contribution < -0.4 is 5.32 Å². The molecule has 0 aromatic rings. The number of hydrogen-bond acceptors (Lipinski definition) is 5. The Morgan fingerprint density at radius 3 is 2.00 bits per heavy atom. The van der Waals surface area contributed by atoms with Crippen LogP contribution in [0.5, 0.6) is 0 Å². The summed E-state index contributed by atoms with van der Waals surface area (Å²) in [5.74, 6) is -0.577. The van der Waals surface area contributed by atoms with Crippen molar-refractivity contribution in [2.75, 3.05) is 26.4 Å². The highest BCUT2D eigenvalue weighted by atomic mass is 16.3. The van der Waals surface area contributed by atoms with Crippen molar-refractivity contribution in [1.82, 2.24) is 10.2 Å². The van der Waals surface area contributed by atoms with Crippen LogP contribution in [-0.2, 0) is 4.79 Å². The van der Waals surface area contributed by atoms with Gasteiger partial charge in [-0.3, -0.25) is 4.79 Å². The fourth-order valence-electron chi connectivity index (χ4n) is 1.26. The molecule has 1 rings (SSSR count). The van der Waals surface area contributed by atoms with Gasteiger partial charge >= 0.3 is 6.03 Å². The lowest BCUT2D eigenvalue weighted by atomic mass is 10.0. The normalized spacial score (nSPS) is 17.5. The van der Waals surface area contributed by atoms with Gasteiger partial charge in [-0.1, -0.05) is 0 Å². The highest BCUT2D eigenvalue weighted by Crippen LogP contribution is 2.17. The van der Waals surface area contributed by atoms with Crippen LogP contribution in [0, 0.1) is 0 Å². The molecule has 0 spiro atoms. The quantitative estimate of drug-likeness (QED) is 0.371. The molecular formula is C7H12N2O5. The lowest BCUT2D eigenvalue weighted by Gasteiger charge is -2.34. The maximum atomic E-state index is 11.2. The Bertz CT molecular complexity index is 226. The van der Waals surface area contributed by atoms with Crippen molar-refractivity contribution in [3.8, 4) is 0 Å². The van der Waals surface area contributed by atoms with E-state index in [4.69, 9.17) is 15.3 Å². The maximum Gasteiger partial charge on any atom is 0.325 e. The molecule has 0 saturated carbocycles. The summed E-state index contributed by atoms with van der Waals surface area (Å²) >= 11 is 0. The number of nitrogens with zero attached hydrogens (tertiary/aromatic N) is 1. The number of aliphatic hydroxyl groups is 3. The molecule has 1 aliphatic heterocycles. The standard InChI is InChI=1S/C7H12N2O5/c10-2-7(3-11,4-12)9-5(13)1-8-6(9)14/h10-12H,1-4H2,(H,8,14). The van der Waals surface area contributed by atoms with E-state index in [9.17, 15) is 9.59 Å². The third-order valence-electron chi connectivity index (χ3n) is 2.20. The number of nitrogens with one attached hydrogen (secondary N) is 1. The Kier molecular flexibility index (Phi) is 3.04. The SMILES string of the molecule is O=C1CNC(=O)N1C(CO)(CO)CO.